The summed E-state index contributed by atoms with van der Waals surface area (Å²) in [6.07, 6.45) is 0. The summed E-state index contributed by atoms with van der Waals surface area (Å²) < 4.78 is 12.2. The summed E-state index contributed by atoms with van der Waals surface area (Å²) in [4.78, 5) is 0. The molecule has 0 aromatic rings. The Kier molecular flexibility index (Phi) is 6.64. The van der Waals surface area contributed by atoms with E-state index in [0.717, 1.165) is 0 Å². The molecule has 0 saturated heterocycles. The highest BCUT2D eigenvalue weighted by Gasteiger charge is 2.36. The second-order valence-electron chi connectivity index (χ2n) is 4.92. The van der Waals surface area contributed by atoms with Crippen molar-refractivity contribution >= 4 is 43.7 Å². The molecule has 0 aromatic heterocycles. The zero-order chi connectivity index (χ0) is 12.3. The predicted octanol–water partition coefficient (Wildman–Crippen LogP) is 3.66. The Hall–Kier alpha value is 1.14. The smallest absolute Gasteiger partial charge is 0.233 e. The van der Waals surface area contributed by atoms with Crippen LogP contribution in [0.4, 0.5) is 0 Å². The quantitative estimate of drug-likeness (QED) is 0.697. The third-order valence-electron chi connectivity index (χ3n) is 1.39. The third-order valence-corrected chi connectivity index (χ3v) is 22.9. The lowest BCUT2D eigenvalue weighted by molar-refractivity contribution is 0.594. The largest absolute Gasteiger partial charge is 0.448 e. The van der Waals surface area contributed by atoms with Gasteiger partial charge in [-0.15, -0.1) is 0 Å². The average molecular weight is 297 g/mol. The SMILES string of the molecule is C[Si](C)O[Si](C)(C)S[Si](C)(C)O[Si](C)C. The molecular weight excluding hydrogens is 272 g/mol. The molecule has 0 aromatic carbocycles. The molecule has 0 bridgehead atoms. The summed E-state index contributed by atoms with van der Waals surface area (Å²) in [5.74, 6) is 0. The van der Waals surface area contributed by atoms with E-state index in [0.29, 0.717) is 0 Å². The van der Waals surface area contributed by atoms with Gasteiger partial charge in [-0.2, -0.15) is 10.7 Å². The second kappa shape index (κ2) is 6.17. The molecule has 2 radical (unpaired) electrons. The summed E-state index contributed by atoms with van der Waals surface area (Å²) >= 11 is 0. The summed E-state index contributed by atoms with van der Waals surface area (Å²) in [6, 6.07) is 0. The maximum atomic E-state index is 6.12. The molecule has 0 aliphatic rings. The lowest BCUT2D eigenvalue weighted by Gasteiger charge is -2.33. The molecule has 0 amide bonds. The van der Waals surface area contributed by atoms with Crippen molar-refractivity contribution in [3.8, 4) is 0 Å². The standard InChI is InChI=1S/C8H24O2SSi4/c1-12(2)9-14(5,6)11-15(7,8)10-13(3)4/h1-8H3. The van der Waals surface area contributed by atoms with Crippen LogP contribution >= 0.6 is 10.7 Å². The van der Waals surface area contributed by atoms with Crippen LogP contribution < -0.4 is 0 Å². The first-order valence-electron chi connectivity index (χ1n) is 5.22. The minimum absolute atomic E-state index is 0.575. The van der Waals surface area contributed by atoms with Crippen LogP contribution in [-0.4, -0.2) is 33.0 Å². The maximum Gasteiger partial charge on any atom is 0.233 e. The fourth-order valence-corrected chi connectivity index (χ4v) is 31.2. The van der Waals surface area contributed by atoms with Gasteiger partial charge in [0.1, 0.15) is 0 Å². The van der Waals surface area contributed by atoms with Gasteiger partial charge in [0.25, 0.3) is 0 Å². The Morgan fingerprint density at radius 1 is 0.733 bits per heavy atom. The van der Waals surface area contributed by atoms with Gasteiger partial charge in [0, 0.05) is 0 Å². The van der Waals surface area contributed by atoms with Crippen LogP contribution in [0.2, 0.25) is 52.4 Å². The van der Waals surface area contributed by atoms with E-state index in [1.807, 2.05) is 10.7 Å². The topological polar surface area (TPSA) is 18.5 Å². The summed E-state index contributed by atoms with van der Waals surface area (Å²) in [6.45, 7) is 18.0. The van der Waals surface area contributed by atoms with Crippen molar-refractivity contribution in [2.24, 2.45) is 0 Å². The van der Waals surface area contributed by atoms with Crippen LogP contribution in [0.1, 0.15) is 0 Å². The molecule has 90 valence electrons. The molecule has 15 heavy (non-hydrogen) atoms. The van der Waals surface area contributed by atoms with Gasteiger partial charge in [-0.1, -0.05) is 0 Å². The predicted molar refractivity (Wildman–Crippen MR) is 79.7 cm³/mol. The van der Waals surface area contributed by atoms with E-state index in [2.05, 4.69) is 52.4 Å². The molecule has 0 aliphatic heterocycles. The normalized spacial score (nSPS) is 14.0. The van der Waals surface area contributed by atoms with Crippen molar-refractivity contribution in [2.75, 3.05) is 0 Å². The van der Waals surface area contributed by atoms with Crippen molar-refractivity contribution in [3.63, 3.8) is 0 Å². The third kappa shape index (κ3) is 8.90. The molecule has 0 fully saturated rings. The van der Waals surface area contributed by atoms with Crippen molar-refractivity contribution in [1.29, 1.82) is 0 Å². The van der Waals surface area contributed by atoms with Crippen LogP contribution in [-0.2, 0) is 8.23 Å². The van der Waals surface area contributed by atoms with Crippen LogP contribution in [0, 0.1) is 0 Å². The monoisotopic (exact) mass is 296 g/mol. The molecule has 0 heterocycles. The number of hydrogen-bond acceptors (Lipinski definition) is 3. The van der Waals surface area contributed by atoms with E-state index in [9.17, 15) is 0 Å². The van der Waals surface area contributed by atoms with E-state index in [4.69, 9.17) is 8.23 Å². The van der Waals surface area contributed by atoms with Gasteiger partial charge in [-0.05, 0) is 52.4 Å². The molecule has 0 spiro atoms. The van der Waals surface area contributed by atoms with Crippen LogP contribution in [0.3, 0.4) is 0 Å². The molecule has 0 N–H and O–H groups in total. The Bertz CT molecular complexity index is 177. The molecule has 0 rings (SSSR count). The van der Waals surface area contributed by atoms with Gasteiger partial charge in [0.2, 0.25) is 14.9 Å². The Morgan fingerprint density at radius 3 is 1.20 bits per heavy atom. The van der Waals surface area contributed by atoms with Gasteiger partial charge in [-0.3, -0.25) is 0 Å². The van der Waals surface area contributed by atoms with Crippen LogP contribution in [0.25, 0.3) is 0 Å². The highest BCUT2D eigenvalue weighted by molar-refractivity contribution is 8.49. The summed E-state index contributed by atoms with van der Waals surface area (Å²) in [7, 11) is -2.21. The molecule has 7 heteroatoms. The van der Waals surface area contributed by atoms with Crippen molar-refractivity contribution < 1.29 is 8.23 Å². The van der Waals surface area contributed by atoms with Crippen molar-refractivity contribution in [3.05, 3.63) is 0 Å². The minimum Gasteiger partial charge on any atom is -0.448 e. The molecule has 0 saturated carbocycles. The van der Waals surface area contributed by atoms with Gasteiger partial charge in [-0.25, -0.2) is 0 Å². The van der Waals surface area contributed by atoms with E-state index in [1.165, 1.54) is 0 Å². The lowest BCUT2D eigenvalue weighted by Crippen LogP contribution is -2.42. The Morgan fingerprint density at radius 2 is 1.00 bits per heavy atom. The van der Waals surface area contributed by atoms with E-state index < -0.39 is 33.0 Å². The fraction of sp³-hybridized carbons (Fsp3) is 1.00. The maximum absolute atomic E-state index is 6.12. The Balaban J connectivity index is 4.29. The highest BCUT2D eigenvalue weighted by atomic mass is 32.5. The average Bonchev–Trinajstić information content (AvgIpc) is 1.73. The van der Waals surface area contributed by atoms with Crippen molar-refractivity contribution in [1.82, 2.24) is 0 Å². The first-order chi connectivity index (χ1) is 6.54. The number of hydrogen-bond donors (Lipinski definition) is 0. The second-order valence-corrected chi connectivity index (χ2v) is 24.3. The summed E-state index contributed by atoms with van der Waals surface area (Å²) in [5.41, 5.74) is 0. The zero-order valence-corrected chi connectivity index (χ0v) is 16.0. The van der Waals surface area contributed by atoms with Crippen LogP contribution in [0.15, 0.2) is 0 Å². The first-order valence-corrected chi connectivity index (χ1v) is 18.1. The summed E-state index contributed by atoms with van der Waals surface area (Å²) in [5, 5.41) is 0. The minimum atomic E-state index is -1.55. The highest BCUT2D eigenvalue weighted by Crippen LogP contribution is 2.33. The van der Waals surface area contributed by atoms with E-state index in [1.54, 1.807) is 0 Å². The van der Waals surface area contributed by atoms with Crippen LogP contribution in [0.5, 0.6) is 0 Å². The van der Waals surface area contributed by atoms with Gasteiger partial charge >= 0.3 is 0 Å². The Labute approximate surface area is 104 Å². The van der Waals surface area contributed by atoms with Crippen molar-refractivity contribution in [2.45, 2.75) is 52.4 Å². The molecule has 2 nitrogen and oxygen atoms in total. The van der Waals surface area contributed by atoms with Gasteiger partial charge < -0.3 is 8.23 Å². The van der Waals surface area contributed by atoms with E-state index >= 15 is 0 Å². The molecule has 0 unspecified atom stereocenters. The fourth-order valence-electron chi connectivity index (χ4n) is 1.62. The zero-order valence-electron chi connectivity index (χ0n) is 11.2. The molecular formula is C8H24O2SSi4. The lowest BCUT2D eigenvalue weighted by atomic mass is 11.9. The first kappa shape index (κ1) is 16.1. The number of rotatable bonds is 6. The molecule has 0 atom stereocenters. The van der Waals surface area contributed by atoms with Gasteiger partial charge in [0.15, 0.2) is 18.1 Å². The molecule has 0 aliphatic carbocycles. The van der Waals surface area contributed by atoms with Gasteiger partial charge in [0.05, 0.1) is 0 Å². The van der Waals surface area contributed by atoms with E-state index in [-0.39, 0.29) is 0 Å².